The normalized spacial score (nSPS) is 24.5. The van der Waals surface area contributed by atoms with Crippen LogP contribution in [0.4, 0.5) is 0 Å². The van der Waals surface area contributed by atoms with E-state index in [9.17, 15) is 10.2 Å². The maximum absolute atomic E-state index is 10.9. The van der Waals surface area contributed by atoms with Gasteiger partial charge in [-0.15, -0.1) is 0 Å². The van der Waals surface area contributed by atoms with Crippen LogP contribution in [-0.2, 0) is 27.4 Å². The van der Waals surface area contributed by atoms with Crippen LogP contribution in [0.2, 0.25) is 0 Å². The average molecular weight is 467 g/mol. The number of hydrogen-bond acceptors (Lipinski definition) is 7. The highest BCUT2D eigenvalue weighted by atomic mass is 16.7. The number of methoxy groups -OCH3 is 1. The van der Waals surface area contributed by atoms with Crippen molar-refractivity contribution in [3.8, 4) is 11.5 Å². The third-order valence-electron chi connectivity index (χ3n) is 5.64. The van der Waals surface area contributed by atoms with E-state index in [1.165, 1.54) is 0 Å². The van der Waals surface area contributed by atoms with Crippen molar-refractivity contribution < 1.29 is 33.9 Å². The molecule has 3 aromatic rings. The molecule has 1 saturated heterocycles. The molecule has 180 valence electrons. The smallest absolute Gasteiger partial charge is 0.229 e. The summed E-state index contributed by atoms with van der Waals surface area (Å²) in [5.74, 6) is 1.21. The molecular weight excluding hydrogens is 436 g/mol. The number of benzene rings is 3. The molecule has 0 saturated carbocycles. The molecule has 1 aliphatic heterocycles. The molecule has 0 bridgehead atoms. The third kappa shape index (κ3) is 6.34. The van der Waals surface area contributed by atoms with Gasteiger partial charge in [0.05, 0.1) is 26.9 Å². The number of ether oxygens (including phenoxy) is 5. The van der Waals surface area contributed by atoms with Crippen LogP contribution in [0.3, 0.4) is 0 Å². The molecule has 1 aliphatic rings. The van der Waals surface area contributed by atoms with Gasteiger partial charge in [0, 0.05) is 0 Å². The Morgan fingerprint density at radius 2 is 1.32 bits per heavy atom. The molecule has 7 heteroatoms. The van der Waals surface area contributed by atoms with Crippen molar-refractivity contribution in [2.75, 3.05) is 13.7 Å². The third-order valence-corrected chi connectivity index (χ3v) is 5.64. The summed E-state index contributed by atoms with van der Waals surface area (Å²) in [4.78, 5) is 0. The molecule has 0 radical (unpaired) electrons. The Kier molecular flexibility index (Phi) is 8.51. The van der Waals surface area contributed by atoms with Gasteiger partial charge < -0.3 is 33.9 Å². The lowest BCUT2D eigenvalue weighted by molar-refractivity contribution is -0.292. The fourth-order valence-corrected chi connectivity index (χ4v) is 3.74. The van der Waals surface area contributed by atoms with Gasteiger partial charge in [-0.05, 0) is 35.4 Å². The average Bonchev–Trinajstić information content (AvgIpc) is 2.88. The van der Waals surface area contributed by atoms with Crippen LogP contribution in [0.25, 0.3) is 0 Å². The molecule has 5 atom stereocenters. The van der Waals surface area contributed by atoms with Gasteiger partial charge in [-0.25, -0.2) is 0 Å². The summed E-state index contributed by atoms with van der Waals surface area (Å²) >= 11 is 0. The SMILES string of the molecule is COc1ccc(OC2O[C@H](COCc3ccccc3)[C@H](O)[C@H](O)[C@H]2OCc2ccccc2)cc1. The summed E-state index contributed by atoms with van der Waals surface area (Å²) in [5, 5.41) is 21.7. The first-order valence-corrected chi connectivity index (χ1v) is 11.2. The Morgan fingerprint density at radius 1 is 0.735 bits per heavy atom. The molecule has 7 nitrogen and oxygen atoms in total. The summed E-state index contributed by atoms with van der Waals surface area (Å²) in [7, 11) is 1.59. The summed E-state index contributed by atoms with van der Waals surface area (Å²) in [6.45, 7) is 0.679. The quantitative estimate of drug-likeness (QED) is 0.474. The number of aliphatic hydroxyl groups is 2. The van der Waals surface area contributed by atoms with E-state index in [4.69, 9.17) is 23.7 Å². The Morgan fingerprint density at radius 3 is 1.94 bits per heavy atom. The summed E-state index contributed by atoms with van der Waals surface area (Å²) < 4.78 is 29.0. The second kappa shape index (κ2) is 12.0. The van der Waals surface area contributed by atoms with Crippen molar-refractivity contribution in [2.45, 2.75) is 43.9 Å². The van der Waals surface area contributed by atoms with Gasteiger partial charge in [-0.2, -0.15) is 0 Å². The van der Waals surface area contributed by atoms with E-state index < -0.39 is 30.7 Å². The van der Waals surface area contributed by atoms with Crippen molar-refractivity contribution >= 4 is 0 Å². The highest BCUT2D eigenvalue weighted by molar-refractivity contribution is 5.31. The molecule has 34 heavy (non-hydrogen) atoms. The highest BCUT2D eigenvalue weighted by Gasteiger charge is 2.46. The van der Waals surface area contributed by atoms with Crippen LogP contribution in [0.5, 0.6) is 11.5 Å². The molecular formula is C27H30O7. The molecule has 0 spiro atoms. The Labute approximate surface area is 199 Å². The molecule has 1 unspecified atom stereocenters. The van der Waals surface area contributed by atoms with Gasteiger partial charge in [0.25, 0.3) is 0 Å². The molecule has 4 rings (SSSR count). The summed E-state index contributed by atoms with van der Waals surface area (Å²) in [6.07, 6.45) is -5.10. The van der Waals surface area contributed by atoms with Crippen molar-refractivity contribution in [1.82, 2.24) is 0 Å². The van der Waals surface area contributed by atoms with Crippen LogP contribution >= 0.6 is 0 Å². The summed E-state index contributed by atoms with van der Waals surface area (Å²) in [5.41, 5.74) is 1.93. The fraction of sp³-hybridized carbons (Fsp3) is 0.333. The van der Waals surface area contributed by atoms with Crippen LogP contribution in [0, 0.1) is 0 Å². The number of aliphatic hydroxyl groups excluding tert-OH is 2. The van der Waals surface area contributed by atoms with Crippen LogP contribution in [0.1, 0.15) is 11.1 Å². The zero-order chi connectivity index (χ0) is 23.8. The second-order valence-corrected chi connectivity index (χ2v) is 8.08. The van der Waals surface area contributed by atoms with Gasteiger partial charge in [0.2, 0.25) is 6.29 Å². The minimum absolute atomic E-state index is 0.0843. The molecule has 0 aromatic heterocycles. The minimum Gasteiger partial charge on any atom is -0.497 e. The zero-order valence-electron chi connectivity index (χ0n) is 19.0. The minimum atomic E-state index is -1.23. The second-order valence-electron chi connectivity index (χ2n) is 8.08. The first-order chi connectivity index (χ1) is 16.6. The lowest BCUT2D eigenvalue weighted by atomic mass is 9.99. The first-order valence-electron chi connectivity index (χ1n) is 11.2. The Hall–Kier alpha value is -2.94. The lowest BCUT2D eigenvalue weighted by Gasteiger charge is -2.42. The van der Waals surface area contributed by atoms with E-state index >= 15 is 0 Å². The Bertz CT molecular complexity index is 979. The highest BCUT2D eigenvalue weighted by Crippen LogP contribution is 2.28. The van der Waals surface area contributed by atoms with Crippen molar-refractivity contribution in [1.29, 1.82) is 0 Å². The lowest BCUT2D eigenvalue weighted by Crippen LogP contribution is -2.61. The predicted octanol–water partition coefficient (Wildman–Crippen LogP) is 3.32. The summed E-state index contributed by atoms with van der Waals surface area (Å²) in [6, 6.07) is 26.3. The van der Waals surface area contributed by atoms with Crippen molar-refractivity contribution in [3.05, 3.63) is 96.1 Å². The van der Waals surface area contributed by atoms with E-state index in [1.807, 2.05) is 60.7 Å². The van der Waals surface area contributed by atoms with E-state index in [0.717, 1.165) is 11.1 Å². The first kappa shape index (κ1) is 24.2. The Balaban J connectivity index is 1.45. The largest absolute Gasteiger partial charge is 0.497 e. The van der Waals surface area contributed by atoms with Gasteiger partial charge in [-0.3, -0.25) is 0 Å². The van der Waals surface area contributed by atoms with E-state index in [-0.39, 0.29) is 13.2 Å². The maximum atomic E-state index is 10.9. The molecule has 1 heterocycles. The number of hydrogen-bond donors (Lipinski definition) is 2. The number of rotatable bonds is 10. The molecule has 3 aromatic carbocycles. The molecule has 2 N–H and O–H groups in total. The predicted molar refractivity (Wildman–Crippen MR) is 125 cm³/mol. The van der Waals surface area contributed by atoms with E-state index in [1.54, 1.807) is 31.4 Å². The van der Waals surface area contributed by atoms with Gasteiger partial charge in [-0.1, -0.05) is 60.7 Å². The zero-order valence-corrected chi connectivity index (χ0v) is 19.0. The van der Waals surface area contributed by atoms with Crippen LogP contribution in [-0.4, -0.2) is 54.6 Å². The van der Waals surface area contributed by atoms with E-state index in [0.29, 0.717) is 18.1 Å². The van der Waals surface area contributed by atoms with Crippen LogP contribution in [0.15, 0.2) is 84.9 Å². The fourth-order valence-electron chi connectivity index (χ4n) is 3.74. The monoisotopic (exact) mass is 466 g/mol. The molecule has 0 aliphatic carbocycles. The molecule has 0 amide bonds. The standard InChI is InChI=1S/C27H30O7/c1-30-21-12-14-22(15-13-21)33-27-26(32-17-20-10-6-3-7-11-20)25(29)24(28)23(34-27)18-31-16-19-8-4-2-5-9-19/h2-15,23-29H,16-18H2,1H3/t23-,24+,25+,26-,27?/m1/s1. The van der Waals surface area contributed by atoms with Crippen molar-refractivity contribution in [3.63, 3.8) is 0 Å². The molecule has 1 fully saturated rings. The van der Waals surface area contributed by atoms with E-state index in [2.05, 4.69) is 0 Å². The van der Waals surface area contributed by atoms with Gasteiger partial charge >= 0.3 is 0 Å². The van der Waals surface area contributed by atoms with Crippen molar-refractivity contribution in [2.24, 2.45) is 0 Å². The van der Waals surface area contributed by atoms with Gasteiger partial charge in [0.15, 0.2) is 0 Å². The van der Waals surface area contributed by atoms with Crippen LogP contribution < -0.4 is 9.47 Å². The maximum Gasteiger partial charge on any atom is 0.229 e. The van der Waals surface area contributed by atoms with Gasteiger partial charge in [0.1, 0.15) is 35.9 Å². The topological polar surface area (TPSA) is 86.6 Å².